The number of aldehydes is 1. The van der Waals surface area contributed by atoms with Crippen molar-refractivity contribution in [3.05, 3.63) is 53.6 Å². The summed E-state index contributed by atoms with van der Waals surface area (Å²) in [5.74, 6) is 0.0818. The molecular formula is C16H17NO2S. The summed E-state index contributed by atoms with van der Waals surface area (Å²) in [4.78, 5) is 22.9. The normalized spacial score (nSPS) is 11.0. The lowest BCUT2D eigenvalue weighted by atomic mass is 10.1. The van der Waals surface area contributed by atoms with Crippen LogP contribution in [0.1, 0.15) is 6.92 Å². The number of amides is 1. The number of benzene rings is 1. The van der Waals surface area contributed by atoms with Crippen molar-refractivity contribution in [1.29, 1.82) is 0 Å². The Morgan fingerprint density at radius 2 is 1.90 bits per heavy atom. The zero-order chi connectivity index (χ0) is 15.4. The number of nitrogens with one attached hydrogen (secondary N) is 1. The number of hydrogen-bond donors (Lipinski definition) is 2. The summed E-state index contributed by atoms with van der Waals surface area (Å²) in [5, 5.41) is 2.74. The molecule has 0 saturated carbocycles. The first-order valence-corrected chi connectivity index (χ1v) is 6.48. The number of terminal acetylenes is 1. The molecule has 0 unspecified atom stereocenters. The number of rotatable bonds is 5. The van der Waals surface area contributed by atoms with Crippen molar-refractivity contribution < 1.29 is 9.59 Å². The fraction of sp³-hybridized carbons (Fsp3) is 0.125. The number of anilines is 1. The van der Waals surface area contributed by atoms with Gasteiger partial charge in [0.2, 0.25) is 0 Å². The van der Waals surface area contributed by atoms with E-state index in [0.717, 1.165) is 0 Å². The Morgan fingerprint density at radius 3 is 2.35 bits per heavy atom. The molecule has 1 amide bonds. The van der Waals surface area contributed by atoms with Crippen molar-refractivity contribution >= 4 is 30.5 Å². The van der Waals surface area contributed by atoms with E-state index in [2.05, 4.69) is 30.8 Å². The van der Waals surface area contributed by atoms with Gasteiger partial charge in [0.1, 0.15) is 0 Å². The monoisotopic (exact) mass is 287 g/mol. The summed E-state index contributed by atoms with van der Waals surface area (Å²) in [7, 11) is 0. The quantitative estimate of drug-likeness (QED) is 0.287. The molecule has 0 atom stereocenters. The average molecular weight is 287 g/mol. The minimum Gasteiger partial charge on any atom is -0.322 e. The highest BCUT2D eigenvalue weighted by atomic mass is 32.1. The van der Waals surface area contributed by atoms with E-state index in [1.54, 1.807) is 31.2 Å². The van der Waals surface area contributed by atoms with E-state index in [4.69, 9.17) is 0 Å². The Balaban J connectivity index is 0.00000172. The molecule has 1 aromatic carbocycles. The van der Waals surface area contributed by atoms with Gasteiger partial charge in [-0.15, -0.1) is 12.8 Å². The van der Waals surface area contributed by atoms with Crippen molar-refractivity contribution in [1.82, 2.24) is 0 Å². The van der Waals surface area contributed by atoms with Gasteiger partial charge in [0.15, 0.2) is 6.29 Å². The molecule has 0 spiro atoms. The van der Waals surface area contributed by atoms with E-state index in [0.29, 0.717) is 28.9 Å². The van der Waals surface area contributed by atoms with Crippen molar-refractivity contribution in [2.45, 2.75) is 6.92 Å². The molecule has 0 radical (unpaired) electrons. The fourth-order valence-electron chi connectivity index (χ4n) is 1.44. The first-order chi connectivity index (χ1) is 9.72. The van der Waals surface area contributed by atoms with Crippen LogP contribution >= 0.6 is 12.6 Å². The number of thiol groups is 1. The van der Waals surface area contributed by atoms with E-state index in [9.17, 15) is 9.59 Å². The van der Waals surface area contributed by atoms with Gasteiger partial charge in [-0.1, -0.05) is 30.4 Å². The van der Waals surface area contributed by atoms with Crippen LogP contribution in [0.25, 0.3) is 0 Å². The Morgan fingerprint density at radius 1 is 1.30 bits per heavy atom. The molecule has 0 aliphatic rings. The van der Waals surface area contributed by atoms with Crippen LogP contribution in [-0.4, -0.2) is 17.9 Å². The summed E-state index contributed by atoms with van der Waals surface area (Å²) in [6.45, 7) is 1.71. The van der Waals surface area contributed by atoms with Crippen LogP contribution in [0.2, 0.25) is 0 Å². The molecule has 1 N–H and O–H groups in total. The van der Waals surface area contributed by atoms with Gasteiger partial charge < -0.3 is 5.32 Å². The predicted octanol–water partition coefficient (Wildman–Crippen LogP) is 2.88. The topological polar surface area (TPSA) is 46.2 Å². The van der Waals surface area contributed by atoms with Gasteiger partial charge >= 0.3 is 0 Å². The Hall–Kier alpha value is -2.25. The molecule has 20 heavy (non-hydrogen) atoms. The van der Waals surface area contributed by atoms with Crippen LogP contribution in [0.15, 0.2) is 53.6 Å². The lowest BCUT2D eigenvalue weighted by Gasteiger charge is -2.08. The van der Waals surface area contributed by atoms with Gasteiger partial charge in [-0.3, -0.25) is 9.59 Å². The molecule has 104 valence electrons. The first kappa shape index (κ1) is 17.8. The second kappa shape index (κ2) is 10.7. The van der Waals surface area contributed by atoms with Crippen molar-refractivity contribution in [3.63, 3.8) is 0 Å². The zero-order valence-corrected chi connectivity index (χ0v) is 12.1. The largest absolute Gasteiger partial charge is 0.322 e. The average Bonchev–Trinajstić information content (AvgIpc) is 2.50. The third-order valence-electron chi connectivity index (χ3n) is 2.32. The Labute approximate surface area is 125 Å². The molecule has 0 fully saturated rings. The van der Waals surface area contributed by atoms with Gasteiger partial charge in [-0.2, -0.15) is 12.6 Å². The van der Waals surface area contributed by atoms with Crippen LogP contribution in [0.4, 0.5) is 5.69 Å². The standard InChI is InChI=1S/C14H15NO2S.C2H2/c1-2-11(10-16)13(8-9-18)14(17)15-12-6-4-3-5-7-12;1-2/h2-8,10,18H,9H2,1H3,(H,15,17);1-2H/b11-2-,13-8+;. The lowest BCUT2D eigenvalue weighted by molar-refractivity contribution is -0.113. The third-order valence-corrected chi connectivity index (χ3v) is 2.50. The summed E-state index contributed by atoms with van der Waals surface area (Å²) in [5.41, 5.74) is 1.39. The maximum atomic E-state index is 12.0. The maximum absolute atomic E-state index is 12.0. The van der Waals surface area contributed by atoms with Crippen molar-refractivity contribution in [2.24, 2.45) is 0 Å². The van der Waals surface area contributed by atoms with Crippen molar-refractivity contribution in [2.75, 3.05) is 11.1 Å². The van der Waals surface area contributed by atoms with Crippen LogP contribution in [0.3, 0.4) is 0 Å². The van der Waals surface area contributed by atoms with Gasteiger partial charge in [-0.25, -0.2) is 0 Å². The summed E-state index contributed by atoms with van der Waals surface area (Å²) < 4.78 is 0. The molecular weight excluding hydrogens is 270 g/mol. The highest BCUT2D eigenvalue weighted by molar-refractivity contribution is 7.80. The summed E-state index contributed by atoms with van der Waals surface area (Å²) in [6.07, 6.45) is 11.9. The molecule has 0 aromatic heterocycles. The molecule has 0 heterocycles. The Bertz CT molecular complexity index is 516. The van der Waals surface area contributed by atoms with E-state index >= 15 is 0 Å². The number of carbonyl (C=O) groups is 2. The fourth-order valence-corrected chi connectivity index (χ4v) is 1.62. The minimum atomic E-state index is -0.310. The van der Waals surface area contributed by atoms with Crippen LogP contribution in [-0.2, 0) is 9.59 Å². The predicted molar refractivity (Wildman–Crippen MR) is 86.7 cm³/mol. The molecule has 1 aromatic rings. The van der Waals surface area contributed by atoms with Crippen LogP contribution in [0, 0.1) is 12.8 Å². The number of allylic oxidation sites excluding steroid dienone is 1. The zero-order valence-electron chi connectivity index (χ0n) is 11.2. The van der Waals surface area contributed by atoms with E-state index in [1.165, 1.54) is 0 Å². The highest BCUT2D eigenvalue weighted by Crippen LogP contribution is 2.13. The maximum Gasteiger partial charge on any atom is 0.256 e. The molecule has 0 bridgehead atoms. The molecule has 0 aliphatic heterocycles. The summed E-state index contributed by atoms with van der Waals surface area (Å²) >= 11 is 4.05. The van der Waals surface area contributed by atoms with Gasteiger partial charge in [0.25, 0.3) is 5.91 Å². The van der Waals surface area contributed by atoms with Gasteiger partial charge in [0, 0.05) is 22.6 Å². The second-order valence-corrected chi connectivity index (χ2v) is 3.85. The molecule has 4 heteroatoms. The van der Waals surface area contributed by atoms with Gasteiger partial charge in [-0.05, 0) is 19.1 Å². The smallest absolute Gasteiger partial charge is 0.256 e. The SMILES string of the molecule is C#C.C/C=C(C=O)\C(=C/CS)C(=O)Nc1ccccc1. The molecule has 0 aliphatic carbocycles. The van der Waals surface area contributed by atoms with E-state index < -0.39 is 0 Å². The van der Waals surface area contributed by atoms with E-state index in [1.807, 2.05) is 18.2 Å². The molecule has 3 nitrogen and oxygen atoms in total. The number of hydrogen-bond acceptors (Lipinski definition) is 3. The number of carbonyl (C=O) groups excluding carboxylic acids is 2. The minimum absolute atomic E-state index is 0.310. The highest BCUT2D eigenvalue weighted by Gasteiger charge is 2.13. The van der Waals surface area contributed by atoms with Gasteiger partial charge in [0.05, 0.1) is 0 Å². The molecule has 1 rings (SSSR count). The molecule has 0 saturated heterocycles. The van der Waals surface area contributed by atoms with E-state index in [-0.39, 0.29) is 5.91 Å². The van der Waals surface area contributed by atoms with Crippen LogP contribution in [0.5, 0.6) is 0 Å². The number of para-hydroxylation sites is 1. The first-order valence-electron chi connectivity index (χ1n) is 5.85. The van der Waals surface area contributed by atoms with Crippen LogP contribution < -0.4 is 5.32 Å². The summed E-state index contributed by atoms with van der Waals surface area (Å²) in [6, 6.07) is 9.09. The lowest BCUT2D eigenvalue weighted by Crippen LogP contribution is -2.16. The Kier molecular flexibility index (Phi) is 9.45. The van der Waals surface area contributed by atoms with Crippen molar-refractivity contribution in [3.8, 4) is 12.8 Å². The second-order valence-electron chi connectivity index (χ2n) is 3.48. The third kappa shape index (κ3) is 5.59.